The lowest BCUT2D eigenvalue weighted by Crippen LogP contribution is -2.30. The van der Waals surface area contributed by atoms with Crippen LogP contribution in [0.2, 0.25) is 0 Å². The Morgan fingerprint density at radius 1 is 1.13 bits per heavy atom. The number of hydrogen-bond donors (Lipinski definition) is 3. The molecule has 6 nitrogen and oxygen atoms in total. The molecule has 0 radical (unpaired) electrons. The molecule has 7 heteroatoms. The van der Waals surface area contributed by atoms with Gasteiger partial charge in [0.25, 0.3) is 0 Å². The SMILES string of the molecule is OB(O)c1nnc(Nc2ccccc2)o1. The minimum Gasteiger partial charge on any atom is -0.420 e. The van der Waals surface area contributed by atoms with Crippen LogP contribution >= 0.6 is 0 Å². The number of nitrogens with zero attached hydrogens (tertiary/aromatic N) is 2. The van der Waals surface area contributed by atoms with E-state index in [1.54, 1.807) is 0 Å². The third kappa shape index (κ3) is 2.33. The van der Waals surface area contributed by atoms with Gasteiger partial charge in [-0.25, -0.2) is 0 Å². The Kier molecular flexibility index (Phi) is 2.66. The second-order valence-electron chi connectivity index (χ2n) is 2.81. The molecule has 0 aliphatic carbocycles. The first-order chi connectivity index (χ1) is 7.25. The first-order valence-corrected chi connectivity index (χ1v) is 4.27. The Labute approximate surface area is 85.7 Å². The largest absolute Gasteiger partial charge is 0.551 e. The maximum Gasteiger partial charge on any atom is 0.551 e. The van der Waals surface area contributed by atoms with E-state index in [9.17, 15) is 0 Å². The van der Waals surface area contributed by atoms with Crippen LogP contribution in [0.15, 0.2) is 34.7 Å². The van der Waals surface area contributed by atoms with Crippen molar-refractivity contribution in [3.63, 3.8) is 0 Å². The van der Waals surface area contributed by atoms with Crippen LogP contribution in [0, 0.1) is 0 Å². The molecule has 0 amide bonds. The van der Waals surface area contributed by atoms with E-state index in [1.807, 2.05) is 30.3 Å². The summed E-state index contributed by atoms with van der Waals surface area (Å²) in [5, 5.41) is 27.3. The number of benzene rings is 1. The molecule has 3 N–H and O–H groups in total. The molecule has 0 unspecified atom stereocenters. The van der Waals surface area contributed by atoms with E-state index in [0.717, 1.165) is 5.69 Å². The molecule has 76 valence electrons. The Bertz CT molecular complexity index is 432. The first-order valence-electron chi connectivity index (χ1n) is 4.27. The molecule has 0 spiro atoms. The highest BCUT2D eigenvalue weighted by atomic mass is 16.4. The molecule has 0 saturated carbocycles. The second-order valence-corrected chi connectivity index (χ2v) is 2.81. The van der Waals surface area contributed by atoms with Crippen LogP contribution in [0.25, 0.3) is 0 Å². The van der Waals surface area contributed by atoms with Crippen molar-refractivity contribution in [2.75, 3.05) is 5.32 Å². The summed E-state index contributed by atoms with van der Waals surface area (Å²) >= 11 is 0. The van der Waals surface area contributed by atoms with Crippen molar-refractivity contribution in [2.45, 2.75) is 0 Å². The lowest BCUT2D eigenvalue weighted by Gasteiger charge is -1.98. The summed E-state index contributed by atoms with van der Waals surface area (Å²) in [6.45, 7) is 0. The summed E-state index contributed by atoms with van der Waals surface area (Å²) in [6.07, 6.45) is 0. The fourth-order valence-corrected chi connectivity index (χ4v) is 1.03. The number of hydrogen-bond acceptors (Lipinski definition) is 6. The standard InChI is InChI=1S/C8H8BN3O3/c13-9(14)7-11-12-8(15-7)10-6-4-2-1-3-5-6/h1-5,13-14H,(H,10,12). The van der Waals surface area contributed by atoms with Gasteiger partial charge in [-0.2, -0.15) is 0 Å². The van der Waals surface area contributed by atoms with Gasteiger partial charge in [-0.3, -0.25) is 0 Å². The normalized spacial score (nSPS) is 10.0. The number of para-hydroxylation sites is 1. The second kappa shape index (κ2) is 4.12. The van der Waals surface area contributed by atoms with Gasteiger partial charge >= 0.3 is 13.1 Å². The zero-order valence-electron chi connectivity index (χ0n) is 7.66. The lowest BCUT2D eigenvalue weighted by atomic mass is 9.93. The van der Waals surface area contributed by atoms with Gasteiger partial charge in [-0.15, -0.1) is 5.10 Å². The van der Waals surface area contributed by atoms with Crippen LogP contribution in [-0.4, -0.2) is 27.4 Å². The molecule has 0 atom stereocenters. The van der Waals surface area contributed by atoms with E-state index in [2.05, 4.69) is 15.5 Å². The molecule has 0 saturated heterocycles. The smallest absolute Gasteiger partial charge is 0.420 e. The third-order valence-corrected chi connectivity index (χ3v) is 1.69. The van der Waals surface area contributed by atoms with Gasteiger partial charge in [0.05, 0.1) is 0 Å². The minimum atomic E-state index is -1.75. The van der Waals surface area contributed by atoms with Gasteiger partial charge in [0.2, 0.25) is 5.79 Å². The number of nitrogens with one attached hydrogen (secondary N) is 1. The molecule has 2 aromatic rings. The number of rotatable bonds is 3. The van der Waals surface area contributed by atoms with Crippen LogP contribution in [0.1, 0.15) is 0 Å². The summed E-state index contributed by atoms with van der Waals surface area (Å²) in [4.78, 5) is 0. The lowest BCUT2D eigenvalue weighted by molar-refractivity contribution is 0.408. The Hall–Kier alpha value is -1.86. The Morgan fingerprint density at radius 2 is 1.87 bits per heavy atom. The topological polar surface area (TPSA) is 91.4 Å². The highest BCUT2D eigenvalue weighted by Crippen LogP contribution is 2.11. The quantitative estimate of drug-likeness (QED) is 0.584. The Morgan fingerprint density at radius 3 is 2.47 bits per heavy atom. The summed E-state index contributed by atoms with van der Waals surface area (Å²) in [6, 6.07) is 9.32. The van der Waals surface area contributed by atoms with E-state index in [4.69, 9.17) is 14.5 Å². The molecule has 1 heterocycles. The van der Waals surface area contributed by atoms with Crippen molar-refractivity contribution in [1.82, 2.24) is 10.2 Å². The van der Waals surface area contributed by atoms with Gasteiger partial charge in [-0.1, -0.05) is 23.3 Å². The van der Waals surface area contributed by atoms with Crippen molar-refractivity contribution < 1.29 is 14.5 Å². The highest BCUT2D eigenvalue weighted by Gasteiger charge is 2.19. The fourth-order valence-electron chi connectivity index (χ4n) is 1.03. The summed E-state index contributed by atoms with van der Waals surface area (Å²) in [5.74, 6) is -0.242. The van der Waals surface area contributed by atoms with Gasteiger partial charge in [0.15, 0.2) is 0 Å². The van der Waals surface area contributed by atoms with Crippen molar-refractivity contribution in [2.24, 2.45) is 0 Å². The molecule has 15 heavy (non-hydrogen) atoms. The van der Waals surface area contributed by atoms with Crippen LogP contribution in [0.3, 0.4) is 0 Å². The zero-order chi connectivity index (χ0) is 10.7. The minimum absolute atomic E-state index is 0.115. The van der Waals surface area contributed by atoms with Gasteiger partial charge < -0.3 is 19.8 Å². The molecule has 0 aliphatic heterocycles. The molecule has 0 aliphatic rings. The monoisotopic (exact) mass is 205 g/mol. The maximum absolute atomic E-state index is 8.73. The van der Waals surface area contributed by atoms with Gasteiger partial charge in [-0.05, 0) is 12.1 Å². The van der Waals surface area contributed by atoms with E-state index < -0.39 is 7.12 Å². The average molecular weight is 205 g/mol. The molecule has 1 aromatic carbocycles. The maximum atomic E-state index is 8.73. The summed E-state index contributed by atoms with van der Waals surface area (Å²) < 4.78 is 4.92. The summed E-state index contributed by atoms with van der Waals surface area (Å²) in [7, 11) is -1.75. The number of aromatic nitrogens is 2. The Balaban J connectivity index is 2.12. The van der Waals surface area contributed by atoms with Crippen LogP contribution in [0.4, 0.5) is 11.7 Å². The van der Waals surface area contributed by atoms with E-state index in [0.29, 0.717) is 0 Å². The van der Waals surface area contributed by atoms with Crippen LogP contribution in [0.5, 0.6) is 0 Å². The van der Waals surface area contributed by atoms with Crippen LogP contribution in [-0.2, 0) is 0 Å². The van der Waals surface area contributed by atoms with Gasteiger partial charge in [0, 0.05) is 5.69 Å². The van der Waals surface area contributed by atoms with Crippen molar-refractivity contribution in [3.05, 3.63) is 30.3 Å². The fraction of sp³-hybridized carbons (Fsp3) is 0. The molecular formula is C8H8BN3O3. The predicted octanol–water partition coefficient (Wildman–Crippen LogP) is -0.507. The first kappa shape index (κ1) is 9.69. The average Bonchev–Trinajstić information content (AvgIpc) is 2.68. The molecule has 1 aromatic heterocycles. The number of anilines is 2. The van der Waals surface area contributed by atoms with E-state index in [1.165, 1.54) is 0 Å². The van der Waals surface area contributed by atoms with E-state index >= 15 is 0 Å². The van der Waals surface area contributed by atoms with E-state index in [-0.39, 0.29) is 11.8 Å². The zero-order valence-corrected chi connectivity index (χ0v) is 7.66. The predicted molar refractivity (Wildman–Crippen MR) is 53.8 cm³/mol. The highest BCUT2D eigenvalue weighted by molar-refractivity contribution is 6.55. The van der Waals surface area contributed by atoms with Crippen molar-refractivity contribution >= 4 is 24.6 Å². The summed E-state index contributed by atoms with van der Waals surface area (Å²) in [5.41, 5.74) is 0.778. The molecule has 0 bridgehead atoms. The van der Waals surface area contributed by atoms with Crippen molar-refractivity contribution in [3.8, 4) is 0 Å². The third-order valence-electron chi connectivity index (χ3n) is 1.69. The van der Waals surface area contributed by atoms with Crippen LogP contribution < -0.4 is 11.1 Å². The van der Waals surface area contributed by atoms with Crippen molar-refractivity contribution in [1.29, 1.82) is 0 Å². The molecular weight excluding hydrogens is 197 g/mol. The molecule has 2 rings (SSSR count). The van der Waals surface area contributed by atoms with Gasteiger partial charge in [0.1, 0.15) is 0 Å². The molecule has 0 fully saturated rings.